The van der Waals surface area contributed by atoms with Crippen molar-refractivity contribution in [3.05, 3.63) is 112 Å². The molecule has 0 aliphatic carbocycles. The summed E-state index contributed by atoms with van der Waals surface area (Å²) >= 11 is 5.89. The molecule has 1 aromatic heterocycles. The number of nitrogens with zero attached hydrogens (tertiary/aromatic N) is 1. The maximum atomic E-state index is 12.6. The summed E-state index contributed by atoms with van der Waals surface area (Å²) in [6.07, 6.45) is 4.96. The average molecular weight is 431 g/mol. The third-order valence-corrected chi connectivity index (χ3v) is 5.08. The van der Waals surface area contributed by atoms with Crippen LogP contribution in [0.15, 0.2) is 89.9 Å². The van der Waals surface area contributed by atoms with Gasteiger partial charge in [-0.3, -0.25) is 9.36 Å². The third-order valence-electron chi connectivity index (χ3n) is 4.83. The van der Waals surface area contributed by atoms with Crippen LogP contribution in [-0.4, -0.2) is 22.4 Å². The number of imidazole rings is 1. The smallest absolute Gasteiger partial charge is 0.330 e. The van der Waals surface area contributed by atoms with Crippen molar-refractivity contribution in [3.63, 3.8) is 0 Å². The van der Waals surface area contributed by atoms with E-state index in [4.69, 9.17) is 16.3 Å². The van der Waals surface area contributed by atoms with Crippen LogP contribution in [0, 0.1) is 0 Å². The Morgan fingerprint density at radius 3 is 2.48 bits per heavy atom. The Morgan fingerprint density at radius 1 is 1.03 bits per heavy atom. The van der Waals surface area contributed by atoms with E-state index in [1.165, 1.54) is 10.6 Å². The number of hydrogen-bond donors (Lipinski definition) is 1. The standard InChI is InChI=1S/C25H19ClN2O3/c1-31-22-12-8-18(9-13-22)23-16-28(25(30)27-23)21-4-2-3-19(15-21)24(29)14-7-17-5-10-20(26)11-6-17/h2-16H,1H3,(H,27,30). The Bertz CT molecular complexity index is 1300. The third kappa shape index (κ3) is 4.68. The minimum Gasteiger partial charge on any atom is -0.497 e. The van der Waals surface area contributed by atoms with E-state index in [0.29, 0.717) is 22.0 Å². The van der Waals surface area contributed by atoms with E-state index < -0.39 is 0 Å². The van der Waals surface area contributed by atoms with E-state index in [-0.39, 0.29) is 11.5 Å². The molecule has 4 rings (SSSR count). The second kappa shape index (κ2) is 8.90. The lowest BCUT2D eigenvalue weighted by Gasteiger charge is -2.04. The van der Waals surface area contributed by atoms with Crippen molar-refractivity contribution >= 4 is 23.5 Å². The summed E-state index contributed by atoms with van der Waals surface area (Å²) in [5.41, 5.74) is 3.21. The van der Waals surface area contributed by atoms with E-state index in [9.17, 15) is 9.59 Å². The molecule has 0 radical (unpaired) electrons. The molecule has 3 aromatic carbocycles. The molecule has 0 saturated carbocycles. The number of benzene rings is 3. The van der Waals surface area contributed by atoms with Gasteiger partial charge in [-0.05, 0) is 65.7 Å². The largest absolute Gasteiger partial charge is 0.497 e. The van der Waals surface area contributed by atoms with Crippen LogP contribution < -0.4 is 10.4 Å². The zero-order chi connectivity index (χ0) is 21.8. The molecule has 0 atom stereocenters. The normalized spacial score (nSPS) is 11.0. The van der Waals surface area contributed by atoms with Crippen molar-refractivity contribution in [2.75, 3.05) is 7.11 Å². The molecule has 0 fully saturated rings. The molecule has 0 spiro atoms. The zero-order valence-corrected chi connectivity index (χ0v) is 17.5. The summed E-state index contributed by atoms with van der Waals surface area (Å²) < 4.78 is 6.66. The predicted molar refractivity (Wildman–Crippen MR) is 123 cm³/mol. The number of hydrogen-bond acceptors (Lipinski definition) is 3. The first-order valence-electron chi connectivity index (χ1n) is 9.58. The minimum absolute atomic E-state index is 0.157. The van der Waals surface area contributed by atoms with Crippen LogP contribution in [0.2, 0.25) is 5.02 Å². The van der Waals surface area contributed by atoms with Crippen LogP contribution in [0.3, 0.4) is 0 Å². The summed E-state index contributed by atoms with van der Waals surface area (Å²) in [4.78, 5) is 28.0. The molecule has 1 heterocycles. The van der Waals surface area contributed by atoms with Gasteiger partial charge in [0.15, 0.2) is 5.78 Å². The fraction of sp³-hybridized carbons (Fsp3) is 0.0400. The Kier molecular flexibility index (Phi) is 5.87. The van der Waals surface area contributed by atoms with Gasteiger partial charge >= 0.3 is 5.69 Å². The van der Waals surface area contributed by atoms with Gasteiger partial charge < -0.3 is 9.72 Å². The number of carbonyl (C=O) groups is 1. The fourth-order valence-electron chi connectivity index (χ4n) is 3.16. The van der Waals surface area contributed by atoms with Crippen molar-refractivity contribution < 1.29 is 9.53 Å². The Morgan fingerprint density at radius 2 is 1.77 bits per heavy atom. The van der Waals surface area contributed by atoms with Crippen molar-refractivity contribution in [1.82, 2.24) is 9.55 Å². The van der Waals surface area contributed by atoms with Gasteiger partial charge in [0.25, 0.3) is 0 Å². The molecule has 1 N–H and O–H groups in total. The molecule has 5 nitrogen and oxygen atoms in total. The number of aromatic nitrogens is 2. The van der Waals surface area contributed by atoms with Gasteiger partial charge in [-0.1, -0.05) is 41.9 Å². The summed E-state index contributed by atoms with van der Waals surface area (Å²) in [5.74, 6) is 0.583. The van der Waals surface area contributed by atoms with Crippen LogP contribution in [0.5, 0.6) is 5.75 Å². The van der Waals surface area contributed by atoms with Crippen molar-refractivity contribution in [1.29, 1.82) is 0 Å². The van der Waals surface area contributed by atoms with E-state index in [1.807, 2.05) is 36.4 Å². The van der Waals surface area contributed by atoms with Crippen LogP contribution in [0.1, 0.15) is 15.9 Å². The van der Waals surface area contributed by atoms with Crippen LogP contribution in [0.25, 0.3) is 23.0 Å². The Hall–Kier alpha value is -3.83. The molecule has 0 saturated heterocycles. The highest BCUT2D eigenvalue weighted by Crippen LogP contribution is 2.21. The lowest BCUT2D eigenvalue weighted by molar-refractivity contribution is 0.104. The Labute approximate surface area is 184 Å². The fourth-order valence-corrected chi connectivity index (χ4v) is 3.28. The van der Waals surface area contributed by atoms with Crippen LogP contribution >= 0.6 is 11.6 Å². The molecule has 4 aromatic rings. The van der Waals surface area contributed by atoms with Gasteiger partial charge in [-0.25, -0.2) is 4.79 Å². The minimum atomic E-state index is -0.285. The molecule has 0 amide bonds. The second-order valence-corrected chi connectivity index (χ2v) is 7.31. The number of methoxy groups -OCH3 is 1. The number of nitrogens with one attached hydrogen (secondary N) is 1. The molecule has 0 aliphatic rings. The van der Waals surface area contributed by atoms with Gasteiger partial charge in [0.05, 0.1) is 18.5 Å². The zero-order valence-electron chi connectivity index (χ0n) is 16.7. The van der Waals surface area contributed by atoms with E-state index in [2.05, 4.69) is 4.98 Å². The van der Waals surface area contributed by atoms with Crippen LogP contribution in [-0.2, 0) is 0 Å². The molecule has 6 heteroatoms. The molecule has 31 heavy (non-hydrogen) atoms. The number of rotatable bonds is 6. The van der Waals surface area contributed by atoms with Gasteiger partial charge in [-0.15, -0.1) is 0 Å². The average Bonchev–Trinajstić information content (AvgIpc) is 3.20. The second-order valence-electron chi connectivity index (χ2n) is 6.87. The maximum absolute atomic E-state index is 12.6. The topological polar surface area (TPSA) is 64.1 Å². The first-order valence-corrected chi connectivity index (χ1v) is 9.96. The number of aromatic amines is 1. The van der Waals surface area contributed by atoms with E-state index in [1.54, 1.807) is 55.8 Å². The van der Waals surface area contributed by atoms with E-state index >= 15 is 0 Å². The van der Waals surface area contributed by atoms with Crippen molar-refractivity contribution in [3.8, 4) is 22.7 Å². The predicted octanol–water partition coefficient (Wildman–Crippen LogP) is 5.39. The molecule has 154 valence electrons. The van der Waals surface area contributed by atoms with Crippen molar-refractivity contribution in [2.24, 2.45) is 0 Å². The maximum Gasteiger partial charge on any atom is 0.330 e. The molecular weight excluding hydrogens is 412 g/mol. The first kappa shape index (κ1) is 20.4. The summed E-state index contributed by atoms with van der Waals surface area (Å²) in [6, 6.07) is 21.6. The lowest BCUT2D eigenvalue weighted by atomic mass is 10.1. The number of allylic oxidation sites excluding steroid dienone is 1. The number of ether oxygens (including phenoxy) is 1. The van der Waals surface area contributed by atoms with Crippen molar-refractivity contribution in [2.45, 2.75) is 0 Å². The number of H-pyrrole nitrogens is 1. The van der Waals surface area contributed by atoms with Gasteiger partial charge in [0.2, 0.25) is 0 Å². The Balaban J connectivity index is 1.59. The van der Waals surface area contributed by atoms with Crippen LogP contribution in [0.4, 0.5) is 0 Å². The van der Waals surface area contributed by atoms with E-state index in [0.717, 1.165) is 16.9 Å². The lowest BCUT2D eigenvalue weighted by Crippen LogP contribution is -2.14. The number of halogens is 1. The number of ketones is 1. The molecular formula is C25H19ClN2O3. The quantitative estimate of drug-likeness (QED) is 0.329. The first-order chi connectivity index (χ1) is 15.0. The van der Waals surface area contributed by atoms with Gasteiger partial charge in [-0.2, -0.15) is 0 Å². The molecule has 0 aliphatic heterocycles. The molecule has 0 unspecified atom stereocenters. The summed E-state index contributed by atoms with van der Waals surface area (Å²) in [7, 11) is 1.60. The summed E-state index contributed by atoms with van der Waals surface area (Å²) in [5, 5.41) is 0.641. The monoisotopic (exact) mass is 430 g/mol. The van der Waals surface area contributed by atoms with Gasteiger partial charge in [0, 0.05) is 16.8 Å². The van der Waals surface area contributed by atoms with Gasteiger partial charge in [0.1, 0.15) is 5.75 Å². The SMILES string of the molecule is COc1ccc(-c2cn(-c3cccc(C(=O)C=Cc4ccc(Cl)cc4)c3)c(=O)[nH]2)cc1. The number of carbonyl (C=O) groups excluding carboxylic acids is 1. The summed E-state index contributed by atoms with van der Waals surface area (Å²) in [6.45, 7) is 0. The highest BCUT2D eigenvalue weighted by molar-refractivity contribution is 6.30. The highest BCUT2D eigenvalue weighted by Gasteiger charge is 2.10. The highest BCUT2D eigenvalue weighted by atomic mass is 35.5. The molecule has 0 bridgehead atoms.